The van der Waals surface area contributed by atoms with Gasteiger partial charge in [0.25, 0.3) is 0 Å². The van der Waals surface area contributed by atoms with E-state index in [0.717, 1.165) is 19.3 Å². The molecule has 0 aliphatic heterocycles. The van der Waals surface area contributed by atoms with Gasteiger partial charge in [-0.25, -0.2) is 0 Å². The molecule has 0 aromatic heterocycles. The maximum absolute atomic E-state index is 12.1. The second kappa shape index (κ2) is 6.18. The van der Waals surface area contributed by atoms with Crippen LogP contribution in [0, 0.1) is 17.3 Å². The summed E-state index contributed by atoms with van der Waals surface area (Å²) in [4.78, 5) is 23.7. The third-order valence-corrected chi connectivity index (χ3v) is 3.84. The van der Waals surface area contributed by atoms with Gasteiger partial charge in [0.1, 0.15) is 0 Å². The highest BCUT2D eigenvalue weighted by atomic mass is 16.2. The van der Waals surface area contributed by atoms with Crippen LogP contribution in [0.2, 0.25) is 0 Å². The summed E-state index contributed by atoms with van der Waals surface area (Å²) in [6.45, 7) is 4.57. The van der Waals surface area contributed by atoms with Gasteiger partial charge < -0.3 is 16.4 Å². The van der Waals surface area contributed by atoms with Crippen LogP contribution in [0.25, 0.3) is 0 Å². The van der Waals surface area contributed by atoms with E-state index < -0.39 is 5.41 Å². The molecule has 1 fully saturated rings. The largest absolute Gasteiger partial charge is 0.359 e. The van der Waals surface area contributed by atoms with Crippen molar-refractivity contribution in [1.82, 2.24) is 10.6 Å². The Morgan fingerprint density at radius 1 is 1.33 bits per heavy atom. The summed E-state index contributed by atoms with van der Waals surface area (Å²) in [6.07, 6.45) is 3.01. The van der Waals surface area contributed by atoms with Gasteiger partial charge in [0.15, 0.2) is 0 Å². The minimum atomic E-state index is -0.582. The molecule has 0 saturated heterocycles. The van der Waals surface area contributed by atoms with Gasteiger partial charge in [0, 0.05) is 19.5 Å². The average Bonchev–Trinajstić information content (AvgIpc) is 2.83. The summed E-state index contributed by atoms with van der Waals surface area (Å²) in [5, 5.41) is 5.50. The van der Waals surface area contributed by atoms with Gasteiger partial charge in [-0.2, -0.15) is 0 Å². The Morgan fingerprint density at radius 2 is 2.00 bits per heavy atom. The number of nitrogens with two attached hydrogens (primary N) is 1. The first-order chi connectivity index (χ1) is 8.42. The van der Waals surface area contributed by atoms with E-state index in [4.69, 9.17) is 5.73 Å². The fourth-order valence-electron chi connectivity index (χ4n) is 2.52. The summed E-state index contributed by atoms with van der Waals surface area (Å²) in [6, 6.07) is 0. The minimum absolute atomic E-state index is 0.0236. The molecule has 2 amide bonds. The Morgan fingerprint density at radius 3 is 2.56 bits per heavy atom. The summed E-state index contributed by atoms with van der Waals surface area (Å²) in [5.41, 5.74) is 5.09. The topological polar surface area (TPSA) is 84.2 Å². The Hall–Kier alpha value is -1.10. The molecule has 104 valence electrons. The molecule has 18 heavy (non-hydrogen) atoms. The summed E-state index contributed by atoms with van der Waals surface area (Å²) in [5.74, 6) is 0.299. The van der Waals surface area contributed by atoms with Gasteiger partial charge in [0.05, 0.1) is 5.41 Å². The second-order valence-electron chi connectivity index (χ2n) is 5.71. The average molecular weight is 255 g/mol. The monoisotopic (exact) mass is 255 g/mol. The van der Waals surface area contributed by atoms with Crippen molar-refractivity contribution in [3.05, 3.63) is 0 Å². The number of nitrogens with one attached hydrogen (secondary N) is 2. The van der Waals surface area contributed by atoms with E-state index >= 15 is 0 Å². The van der Waals surface area contributed by atoms with Crippen molar-refractivity contribution in [2.45, 2.75) is 33.1 Å². The molecule has 1 saturated carbocycles. The molecule has 0 radical (unpaired) electrons. The van der Waals surface area contributed by atoms with Crippen molar-refractivity contribution in [3.63, 3.8) is 0 Å². The van der Waals surface area contributed by atoms with Crippen LogP contribution in [0.1, 0.15) is 33.1 Å². The summed E-state index contributed by atoms with van der Waals surface area (Å²) < 4.78 is 0. The van der Waals surface area contributed by atoms with Gasteiger partial charge in [-0.3, -0.25) is 9.59 Å². The molecule has 1 rings (SSSR count). The predicted molar refractivity (Wildman–Crippen MR) is 70.7 cm³/mol. The lowest BCUT2D eigenvalue weighted by Gasteiger charge is -2.25. The predicted octanol–water partition coefficient (Wildman–Crippen LogP) is 0.250. The first kappa shape index (κ1) is 15.0. The molecule has 2 unspecified atom stereocenters. The number of amides is 2. The maximum Gasteiger partial charge on any atom is 0.227 e. The van der Waals surface area contributed by atoms with Crippen LogP contribution in [0.3, 0.4) is 0 Å². The lowest BCUT2D eigenvalue weighted by atomic mass is 9.91. The zero-order valence-corrected chi connectivity index (χ0v) is 11.6. The van der Waals surface area contributed by atoms with Crippen molar-refractivity contribution in [1.29, 1.82) is 0 Å². The zero-order valence-electron chi connectivity index (χ0n) is 11.6. The molecule has 0 aromatic carbocycles. The van der Waals surface area contributed by atoms with Crippen LogP contribution < -0.4 is 16.4 Å². The van der Waals surface area contributed by atoms with E-state index in [-0.39, 0.29) is 17.7 Å². The molecular weight excluding hydrogens is 230 g/mol. The van der Waals surface area contributed by atoms with E-state index in [2.05, 4.69) is 10.6 Å². The zero-order chi connectivity index (χ0) is 13.8. The van der Waals surface area contributed by atoms with Crippen molar-refractivity contribution in [3.8, 4) is 0 Å². The Balaban J connectivity index is 2.48. The fourth-order valence-corrected chi connectivity index (χ4v) is 2.52. The number of hydrogen-bond acceptors (Lipinski definition) is 3. The summed E-state index contributed by atoms with van der Waals surface area (Å²) >= 11 is 0. The van der Waals surface area contributed by atoms with Crippen LogP contribution >= 0.6 is 0 Å². The molecule has 0 heterocycles. The molecule has 2 atom stereocenters. The Labute approximate surface area is 109 Å². The molecule has 0 aromatic rings. The van der Waals surface area contributed by atoms with E-state index in [1.165, 1.54) is 0 Å². The van der Waals surface area contributed by atoms with Crippen molar-refractivity contribution >= 4 is 11.8 Å². The van der Waals surface area contributed by atoms with Crippen molar-refractivity contribution in [2.24, 2.45) is 23.0 Å². The van der Waals surface area contributed by atoms with Crippen LogP contribution in [0.15, 0.2) is 0 Å². The molecule has 4 N–H and O–H groups in total. The maximum atomic E-state index is 12.1. The fraction of sp³-hybridized carbons (Fsp3) is 0.846. The van der Waals surface area contributed by atoms with Gasteiger partial charge in [-0.15, -0.1) is 0 Å². The highest BCUT2D eigenvalue weighted by Crippen LogP contribution is 2.31. The van der Waals surface area contributed by atoms with Gasteiger partial charge in [-0.1, -0.05) is 6.42 Å². The lowest BCUT2D eigenvalue weighted by Crippen LogP contribution is -2.45. The van der Waals surface area contributed by atoms with Crippen molar-refractivity contribution in [2.75, 3.05) is 20.1 Å². The molecule has 1 aliphatic carbocycles. The van der Waals surface area contributed by atoms with Gasteiger partial charge in [-0.05, 0) is 39.2 Å². The quantitative estimate of drug-likeness (QED) is 0.658. The third-order valence-electron chi connectivity index (χ3n) is 3.84. The number of carbonyl (C=O) groups excluding carboxylic acids is 2. The Kier molecular flexibility index (Phi) is 5.14. The van der Waals surface area contributed by atoms with Crippen molar-refractivity contribution < 1.29 is 9.59 Å². The van der Waals surface area contributed by atoms with Crippen LogP contribution in [0.5, 0.6) is 0 Å². The molecule has 5 nitrogen and oxygen atoms in total. The Bertz CT molecular complexity index is 315. The van der Waals surface area contributed by atoms with Crippen LogP contribution in [-0.2, 0) is 9.59 Å². The highest BCUT2D eigenvalue weighted by molar-refractivity contribution is 5.84. The first-order valence-electron chi connectivity index (χ1n) is 6.62. The standard InChI is InChI=1S/C13H25N3O2/c1-13(2,12(18)15-3)8-16-11(17)10-6-4-5-9(10)7-14/h9-10H,4-8,14H2,1-3H3,(H,15,18)(H,16,17). The van der Waals surface area contributed by atoms with E-state index in [1.54, 1.807) is 7.05 Å². The van der Waals surface area contributed by atoms with Crippen LogP contribution in [0.4, 0.5) is 0 Å². The van der Waals surface area contributed by atoms with Gasteiger partial charge in [0.2, 0.25) is 11.8 Å². The SMILES string of the molecule is CNC(=O)C(C)(C)CNC(=O)C1CCCC1CN. The lowest BCUT2D eigenvalue weighted by molar-refractivity contribution is -0.130. The molecule has 1 aliphatic rings. The minimum Gasteiger partial charge on any atom is -0.359 e. The molecule has 0 spiro atoms. The third kappa shape index (κ3) is 3.45. The van der Waals surface area contributed by atoms with Crippen LogP contribution in [-0.4, -0.2) is 32.0 Å². The van der Waals surface area contributed by atoms with E-state index in [0.29, 0.717) is 19.0 Å². The smallest absolute Gasteiger partial charge is 0.227 e. The number of carbonyl (C=O) groups is 2. The normalized spacial score (nSPS) is 23.8. The van der Waals surface area contributed by atoms with E-state index in [9.17, 15) is 9.59 Å². The van der Waals surface area contributed by atoms with Gasteiger partial charge >= 0.3 is 0 Å². The number of hydrogen-bond donors (Lipinski definition) is 3. The summed E-state index contributed by atoms with van der Waals surface area (Å²) in [7, 11) is 1.60. The van der Waals surface area contributed by atoms with E-state index in [1.807, 2.05) is 13.8 Å². The molecule has 0 bridgehead atoms. The second-order valence-corrected chi connectivity index (χ2v) is 5.71. The first-order valence-corrected chi connectivity index (χ1v) is 6.62. The molecule has 5 heteroatoms. The number of rotatable bonds is 5. The highest BCUT2D eigenvalue weighted by Gasteiger charge is 2.33. The molecular formula is C13H25N3O2.